The van der Waals surface area contributed by atoms with Crippen LogP contribution in [-0.4, -0.2) is 10.9 Å². The second kappa shape index (κ2) is 5.01. The number of aromatic nitrogens is 1. The van der Waals surface area contributed by atoms with Gasteiger partial charge in [-0.05, 0) is 24.3 Å². The van der Waals surface area contributed by atoms with Crippen molar-refractivity contribution in [3.05, 3.63) is 53.1 Å². The van der Waals surface area contributed by atoms with Gasteiger partial charge in [0.2, 0.25) is 0 Å². The van der Waals surface area contributed by atoms with E-state index in [1.165, 1.54) is 30.6 Å². The van der Waals surface area contributed by atoms with Crippen molar-refractivity contribution in [2.45, 2.75) is 0 Å². The zero-order valence-electron chi connectivity index (χ0n) is 9.15. The fourth-order valence-corrected chi connectivity index (χ4v) is 1.53. The molecule has 0 fully saturated rings. The highest BCUT2D eigenvalue weighted by Crippen LogP contribution is 2.21. The Morgan fingerprint density at radius 1 is 1.39 bits per heavy atom. The maximum atomic E-state index is 13.5. The van der Waals surface area contributed by atoms with Gasteiger partial charge in [0.05, 0.1) is 22.5 Å². The minimum Gasteiger partial charge on any atom is -0.399 e. The molecule has 92 valence electrons. The summed E-state index contributed by atoms with van der Waals surface area (Å²) in [6.45, 7) is 0. The maximum Gasteiger partial charge on any atom is 0.258 e. The second-order valence-electron chi connectivity index (χ2n) is 3.55. The lowest BCUT2D eigenvalue weighted by molar-refractivity contribution is 0.102. The van der Waals surface area contributed by atoms with E-state index in [4.69, 9.17) is 17.3 Å². The molecule has 0 unspecified atom stereocenters. The molecule has 1 amide bonds. The summed E-state index contributed by atoms with van der Waals surface area (Å²) >= 11 is 5.85. The van der Waals surface area contributed by atoms with E-state index < -0.39 is 11.7 Å². The third-order valence-electron chi connectivity index (χ3n) is 2.25. The SMILES string of the molecule is Nc1ccc(F)c(C(=O)Nc2cnccc2Cl)c1. The highest BCUT2D eigenvalue weighted by Gasteiger charge is 2.13. The summed E-state index contributed by atoms with van der Waals surface area (Å²) in [4.78, 5) is 15.7. The van der Waals surface area contributed by atoms with Gasteiger partial charge in [-0.2, -0.15) is 0 Å². The number of nitrogens with zero attached hydrogens (tertiary/aromatic N) is 1. The summed E-state index contributed by atoms with van der Waals surface area (Å²) in [5.41, 5.74) is 5.98. The molecule has 0 aliphatic carbocycles. The van der Waals surface area contributed by atoms with E-state index in [0.717, 1.165) is 6.07 Å². The largest absolute Gasteiger partial charge is 0.399 e. The Bertz CT molecular complexity index is 604. The van der Waals surface area contributed by atoms with Gasteiger partial charge in [-0.3, -0.25) is 9.78 Å². The monoisotopic (exact) mass is 265 g/mol. The Labute approximate surface area is 108 Å². The number of pyridine rings is 1. The van der Waals surface area contributed by atoms with Crippen LogP contribution in [0.25, 0.3) is 0 Å². The van der Waals surface area contributed by atoms with Gasteiger partial charge in [-0.15, -0.1) is 0 Å². The van der Waals surface area contributed by atoms with Crippen LogP contribution in [-0.2, 0) is 0 Å². The molecule has 2 aromatic rings. The number of nitrogens with two attached hydrogens (primary N) is 1. The van der Waals surface area contributed by atoms with Crippen molar-refractivity contribution < 1.29 is 9.18 Å². The van der Waals surface area contributed by atoms with Crippen LogP contribution in [0.3, 0.4) is 0 Å². The summed E-state index contributed by atoms with van der Waals surface area (Å²) in [6.07, 6.45) is 2.86. The van der Waals surface area contributed by atoms with Crippen molar-refractivity contribution in [1.82, 2.24) is 4.98 Å². The highest BCUT2D eigenvalue weighted by atomic mass is 35.5. The van der Waals surface area contributed by atoms with E-state index in [1.54, 1.807) is 0 Å². The molecule has 0 saturated carbocycles. The first-order valence-corrected chi connectivity index (χ1v) is 5.41. The lowest BCUT2D eigenvalue weighted by atomic mass is 10.1. The highest BCUT2D eigenvalue weighted by molar-refractivity contribution is 6.33. The van der Waals surface area contributed by atoms with Crippen LogP contribution in [0.1, 0.15) is 10.4 Å². The topological polar surface area (TPSA) is 68.0 Å². The third kappa shape index (κ3) is 2.57. The van der Waals surface area contributed by atoms with Gasteiger partial charge < -0.3 is 11.1 Å². The van der Waals surface area contributed by atoms with Gasteiger partial charge in [-0.1, -0.05) is 11.6 Å². The molecule has 2 rings (SSSR count). The summed E-state index contributed by atoms with van der Waals surface area (Å²) in [6, 6.07) is 5.29. The number of hydrogen-bond acceptors (Lipinski definition) is 3. The lowest BCUT2D eigenvalue weighted by Crippen LogP contribution is -2.14. The molecule has 3 N–H and O–H groups in total. The van der Waals surface area contributed by atoms with Gasteiger partial charge in [0, 0.05) is 11.9 Å². The number of carbonyl (C=O) groups excluding carboxylic acids is 1. The molecular formula is C12H9ClFN3O. The van der Waals surface area contributed by atoms with Crippen LogP contribution in [0.15, 0.2) is 36.7 Å². The predicted molar refractivity (Wildman–Crippen MR) is 68.0 cm³/mol. The van der Waals surface area contributed by atoms with Gasteiger partial charge >= 0.3 is 0 Å². The number of carbonyl (C=O) groups is 1. The Morgan fingerprint density at radius 3 is 2.89 bits per heavy atom. The molecule has 6 heteroatoms. The quantitative estimate of drug-likeness (QED) is 0.821. The molecule has 0 aliphatic rings. The van der Waals surface area contributed by atoms with Crippen LogP contribution >= 0.6 is 11.6 Å². The summed E-state index contributed by atoms with van der Waals surface area (Å²) in [5.74, 6) is -1.28. The average Bonchev–Trinajstić information content (AvgIpc) is 2.35. The maximum absolute atomic E-state index is 13.5. The molecule has 4 nitrogen and oxygen atoms in total. The van der Waals surface area contributed by atoms with E-state index >= 15 is 0 Å². The standard InChI is InChI=1S/C12H9ClFN3O/c13-9-3-4-16-6-11(9)17-12(18)8-5-7(15)1-2-10(8)14/h1-6H,15H2,(H,17,18). The first-order chi connectivity index (χ1) is 8.58. The van der Waals surface area contributed by atoms with Crippen molar-refractivity contribution >= 4 is 28.9 Å². The Balaban J connectivity index is 2.28. The zero-order valence-corrected chi connectivity index (χ0v) is 9.91. The second-order valence-corrected chi connectivity index (χ2v) is 3.96. The number of hydrogen-bond donors (Lipinski definition) is 2. The molecule has 1 heterocycles. The molecule has 0 spiro atoms. The summed E-state index contributed by atoms with van der Waals surface area (Å²) in [7, 11) is 0. The van der Waals surface area contributed by atoms with E-state index in [9.17, 15) is 9.18 Å². The fourth-order valence-electron chi connectivity index (χ4n) is 1.38. The van der Waals surface area contributed by atoms with Crippen LogP contribution in [0.4, 0.5) is 15.8 Å². The van der Waals surface area contributed by atoms with Crippen LogP contribution in [0.2, 0.25) is 5.02 Å². The van der Waals surface area contributed by atoms with Crippen molar-refractivity contribution in [3.8, 4) is 0 Å². The molecule has 0 radical (unpaired) electrons. The molecule has 0 saturated heterocycles. The number of halogens is 2. The Morgan fingerprint density at radius 2 is 2.17 bits per heavy atom. The predicted octanol–water partition coefficient (Wildman–Crippen LogP) is 2.71. The molecule has 1 aromatic carbocycles. The molecule has 0 aliphatic heterocycles. The van der Waals surface area contributed by atoms with Crippen LogP contribution in [0, 0.1) is 5.82 Å². The number of amides is 1. The smallest absolute Gasteiger partial charge is 0.258 e. The average molecular weight is 266 g/mol. The van der Waals surface area contributed by atoms with Gasteiger partial charge in [0.25, 0.3) is 5.91 Å². The lowest BCUT2D eigenvalue weighted by Gasteiger charge is -2.07. The van der Waals surface area contributed by atoms with Gasteiger partial charge in [-0.25, -0.2) is 4.39 Å². The number of anilines is 2. The molecule has 0 bridgehead atoms. The van der Waals surface area contributed by atoms with Crippen molar-refractivity contribution in [1.29, 1.82) is 0 Å². The first-order valence-electron chi connectivity index (χ1n) is 5.04. The first kappa shape index (κ1) is 12.3. The van der Waals surface area contributed by atoms with Crippen LogP contribution < -0.4 is 11.1 Å². The van der Waals surface area contributed by atoms with Crippen molar-refractivity contribution in [2.75, 3.05) is 11.1 Å². The number of benzene rings is 1. The Kier molecular flexibility index (Phi) is 3.43. The minimum atomic E-state index is -0.651. The zero-order chi connectivity index (χ0) is 13.1. The molecule has 18 heavy (non-hydrogen) atoms. The molecule has 0 atom stereocenters. The van der Waals surface area contributed by atoms with E-state index in [1.807, 2.05) is 0 Å². The molecular weight excluding hydrogens is 257 g/mol. The number of rotatable bonds is 2. The summed E-state index contributed by atoms with van der Waals surface area (Å²) < 4.78 is 13.5. The van der Waals surface area contributed by atoms with Gasteiger partial charge in [0.1, 0.15) is 5.82 Å². The third-order valence-corrected chi connectivity index (χ3v) is 2.58. The fraction of sp³-hybridized carbons (Fsp3) is 0. The number of nitrogen functional groups attached to an aromatic ring is 1. The van der Waals surface area contributed by atoms with Gasteiger partial charge in [0.15, 0.2) is 0 Å². The summed E-state index contributed by atoms with van der Waals surface area (Å²) in [5, 5.41) is 2.79. The molecule has 1 aromatic heterocycles. The Hall–Kier alpha value is -2.14. The van der Waals surface area contributed by atoms with E-state index in [-0.39, 0.29) is 5.56 Å². The van der Waals surface area contributed by atoms with Crippen LogP contribution in [0.5, 0.6) is 0 Å². The normalized spacial score (nSPS) is 10.1. The van der Waals surface area contributed by atoms with E-state index in [2.05, 4.69) is 10.3 Å². The minimum absolute atomic E-state index is 0.144. The van der Waals surface area contributed by atoms with Crippen molar-refractivity contribution in [3.63, 3.8) is 0 Å². The van der Waals surface area contributed by atoms with E-state index in [0.29, 0.717) is 16.4 Å². The number of nitrogens with one attached hydrogen (secondary N) is 1. The van der Waals surface area contributed by atoms with Crippen molar-refractivity contribution in [2.24, 2.45) is 0 Å².